The third-order valence-corrected chi connectivity index (χ3v) is 3.92. The van der Waals surface area contributed by atoms with Crippen LogP contribution in [-0.4, -0.2) is 97.4 Å². The van der Waals surface area contributed by atoms with Crippen LogP contribution in [0.25, 0.3) is 0 Å². The molecule has 0 heterocycles. The summed E-state index contributed by atoms with van der Waals surface area (Å²) in [7, 11) is 0. The molecule has 0 aliphatic heterocycles. The van der Waals surface area contributed by atoms with Gasteiger partial charge in [0.2, 0.25) is 0 Å². The molecule has 0 fully saturated rings. The van der Waals surface area contributed by atoms with E-state index in [9.17, 15) is 15.3 Å². The number of aliphatic hydroxyl groups excluding tert-OH is 3. The molecule has 7 nitrogen and oxygen atoms in total. The van der Waals surface area contributed by atoms with Gasteiger partial charge in [-0.15, -0.1) is 6.58 Å². The monoisotopic (exact) mass is 360 g/mol. The topological polar surface area (TPSA) is 100 Å². The third kappa shape index (κ3) is 15.4. The van der Waals surface area contributed by atoms with Gasteiger partial charge >= 0.3 is 0 Å². The maximum absolute atomic E-state index is 9.66. The van der Waals surface area contributed by atoms with Gasteiger partial charge in [0.25, 0.3) is 0 Å². The van der Waals surface area contributed by atoms with Crippen LogP contribution in [0.3, 0.4) is 0 Å². The van der Waals surface area contributed by atoms with Crippen LogP contribution in [0, 0.1) is 5.92 Å². The summed E-state index contributed by atoms with van der Waals surface area (Å²) in [4.78, 5) is 2.03. The van der Waals surface area contributed by atoms with Gasteiger partial charge in [-0.2, -0.15) is 0 Å². The number of nitrogens with zero attached hydrogens (tertiary/aromatic N) is 1. The minimum Gasteiger partial charge on any atom is -0.392 e. The smallest absolute Gasteiger partial charge is 0.0845 e. The van der Waals surface area contributed by atoms with E-state index < -0.39 is 12.2 Å². The van der Waals surface area contributed by atoms with Crippen molar-refractivity contribution in [1.82, 2.24) is 20.9 Å². The summed E-state index contributed by atoms with van der Waals surface area (Å²) < 4.78 is 0. The molecule has 0 saturated heterocycles. The summed E-state index contributed by atoms with van der Waals surface area (Å²) >= 11 is 0. The van der Waals surface area contributed by atoms with Gasteiger partial charge in [-0.3, -0.25) is 4.90 Å². The van der Waals surface area contributed by atoms with Crippen molar-refractivity contribution in [2.24, 2.45) is 5.92 Å². The summed E-state index contributed by atoms with van der Waals surface area (Å²) in [5.41, 5.74) is 0. The van der Waals surface area contributed by atoms with Crippen molar-refractivity contribution < 1.29 is 15.3 Å². The lowest BCUT2D eigenvalue weighted by atomic mass is 10.1. The van der Waals surface area contributed by atoms with Gasteiger partial charge < -0.3 is 31.3 Å². The first-order valence-electron chi connectivity index (χ1n) is 9.38. The Kier molecular flexibility index (Phi) is 15.4. The number of nitrogens with one attached hydrogen (secondary N) is 3. The molecule has 0 spiro atoms. The molecule has 0 amide bonds. The quantitative estimate of drug-likeness (QED) is 0.146. The Morgan fingerprint density at radius 1 is 0.880 bits per heavy atom. The Balaban J connectivity index is 3.57. The second-order valence-electron chi connectivity index (χ2n) is 6.93. The molecular formula is C18H40N4O3. The molecule has 6 N–H and O–H groups in total. The molecule has 3 unspecified atom stereocenters. The molecule has 0 bridgehead atoms. The summed E-state index contributed by atoms with van der Waals surface area (Å²) in [6.45, 7) is 16.0. The number of aliphatic hydroxyl groups is 3. The van der Waals surface area contributed by atoms with Gasteiger partial charge in [-0.25, -0.2) is 0 Å². The van der Waals surface area contributed by atoms with E-state index in [0.29, 0.717) is 19.6 Å². The maximum Gasteiger partial charge on any atom is 0.0845 e. The van der Waals surface area contributed by atoms with Crippen molar-refractivity contribution in [2.75, 3.05) is 58.9 Å². The Morgan fingerprint density at radius 2 is 1.44 bits per heavy atom. The molecule has 0 aromatic rings. The summed E-state index contributed by atoms with van der Waals surface area (Å²) in [5.74, 6) is 0.283. The van der Waals surface area contributed by atoms with Crippen molar-refractivity contribution in [3.63, 3.8) is 0 Å². The molecule has 150 valence electrons. The average molecular weight is 361 g/mol. The molecule has 0 aliphatic rings. The van der Waals surface area contributed by atoms with Crippen LogP contribution >= 0.6 is 0 Å². The fraction of sp³-hybridized carbons (Fsp3) is 0.889. The Morgan fingerprint density at radius 3 is 1.96 bits per heavy atom. The third-order valence-electron chi connectivity index (χ3n) is 3.92. The normalized spacial score (nSPS) is 15.5. The van der Waals surface area contributed by atoms with Crippen LogP contribution in [0.4, 0.5) is 0 Å². The number of hydrogen-bond acceptors (Lipinski definition) is 7. The minimum atomic E-state index is -0.567. The van der Waals surface area contributed by atoms with Crippen molar-refractivity contribution >= 4 is 0 Å². The van der Waals surface area contributed by atoms with Crippen LogP contribution in [0.2, 0.25) is 0 Å². The van der Waals surface area contributed by atoms with Gasteiger partial charge in [-0.1, -0.05) is 19.9 Å². The molecule has 0 aromatic carbocycles. The number of rotatable bonds is 17. The highest BCUT2D eigenvalue weighted by Crippen LogP contribution is 1.98. The molecule has 3 atom stereocenters. The molecule has 0 saturated carbocycles. The standard InChI is InChI=1S/C18H40N4O3/c1-5-17(24)14-22(13-16(4)23)11-10-20-7-6-19-8-9-21-12-18(25)15(2)3/h5,15-21,23-25H,1,6-14H2,2-4H3. The van der Waals surface area contributed by atoms with Gasteiger partial charge in [0.05, 0.1) is 18.3 Å². The first-order chi connectivity index (χ1) is 11.9. The van der Waals surface area contributed by atoms with E-state index in [4.69, 9.17) is 0 Å². The lowest BCUT2D eigenvalue weighted by Crippen LogP contribution is -2.41. The van der Waals surface area contributed by atoms with E-state index in [-0.39, 0.29) is 12.0 Å². The molecule has 25 heavy (non-hydrogen) atoms. The summed E-state index contributed by atoms with van der Waals surface area (Å²) in [6.07, 6.45) is 0.244. The first-order valence-corrected chi connectivity index (χ1v) is 9.38. The van der Waals surface area contributed by atoms with Crippen molar-refractivity contribution in [3.05, 3.63) is 12.7 Å². The van der Waals surface area contributed by atoms with Crippen LogP contribution < -0.4 is 16.0 Å². The highest BCUT2D eigenvalue weighted by Gasteiger charge is 2.11. The molecule has 7 heteroatoms. The van der Waals surface area contributed by atoms with E-state index in [1.54, 1.807) is 6.92 Å². The number of hydrogen-bond donors (Lipinski definition) is 6. The van der Waals surface area contributed by atoms with E-state index in [2.05, 4.69) is 22.5 Å². The van der Waals surface area contributed by atoms with E-state index in [0.717, 1.165) is 39.3 Å². The molecule has 0 radical (unpaired) electrons. The summed E-state index contributed by atoms with van der Waals surface area (Å²) in [5, 5.41) is 38.8. The zero-order valence-corrected chi connectivity index (χ0v) is 16.2. The molecule has 0 aliphatic carbocycles. The summed E-state index contributed by atoms with van der Waals surface area (Å²) in [6, 6.07) is 0. The van der Waals surface area contributed by atoms with Gasteiger partial charge in [0, 0.05) is 58.9 Å². The lowest BCUT2D eigenvalue weighted by Gasteiger charge is -2.25. The second-order valence-corrected chi connectivity index (χ2v) is 6.93. The Hall–Kier alpha value is -0.540. The molecule has 0 aromatic heterocycles. The lowest BCUT2D eigenvalue weighted by molar-refractivity contribution is 0.0939. The minimum absolute atomic E-state index is 0.283. The zero-order chi connectivity index (χ0) is 19.1. The van der Waals surface area contributed by atoms with Crippen molar-refractivity contribution in [2.45, 2.75) is 39.1 Å². The van der Waals surface area contributed by atoms with Crippen LogP contribution in [-0.2, 0) is 0 Å². The molecule has 0 rings (SSSR count). The van der Waals surface area contributed by atoms with Crippen LogP contribution in [0.5, 0.6) is 0 Å². The fourth-order valence-electron chi connectivity index (χ4n) is 2.30. The SMILES string of the molecule is C=CC(O)CN(CCNCCNCCNCC(O)C(C)C)CC(C)O. The zero-order valence-electron chi connectivity index (χ0n) is 16.2. The van der Waals surface area contributed by atoms with Gasteiger partial charge in [0.15, 0.2) is 0 Å². The fourth-order valence-corrected chi connectivity index (χ4v) is 2.30. The first kappa shape index (κ1) is 24.5. The largest absolute Gasteiger partial charge is 0.392 e. The predicted molar refractivity (Wildman–Crippen MR) is 104 cm³/mol. The van der Waals surface area contributed by atoms with Crippen molar-refractivity contribution in [3.8, 4) is 0 Å². The van der Waals surface area contributed by atoms with Crippen LogP contribution in [0.15, 0.2) is 12.7 Å². The average Bonchev–Trinajstić information content (AvgIpc) is 2.55. The Bertz CT molecular complexity index is 317. The van der Waals surface area contributed by atoms with Crippen molar-refractivity contribution in [1.29, 1.82) is 0 Å². The van der Waals surface area contributed by atoms with Crippen LogP contribution in [0.1, 0.15) is 20.8 Å². The van der Waals surface area contributed by atoms with Gasteiger partial charge in [-0.05, 0) is 12.8 Å². The van der Waals surface area contributed by atoms with Gasteiger partial charge in [0.1, 0.15) is 0 Å². The van der Waals surface area contributed by atoms with E-state index in [1.807, 2.05) is 18.7 Å². The predicted octanol–water partition coefficient (Wildman–Crippen LogP) is -0.998. The van der Waals surface area contributed by atoms with E-state index in [1.165, 1.54) is 6.08 Å². The highest BCUT2D eigenvalue weighted by atomic mass is 16.3. The van der Waals surface area contributed by atoms with E-state index >= 15 is 0 Å². The maximum atomic E-state index is 9.66. The second kappa shape index (κ2) is 15.7. The highest BCUT2D eigenvalue weighted by molar-refractivity contribution is 4.81. The molecular weight excluding hydrogens is 320 g/mol. The Labute approximate surface area is 153 Å².